The minimum atomic E-state index is -0.971. The van der Waals surface area contributed by atoms with Crippen LogP contribution in [0, 0.1) is 0 Å². The van der Waals surface area contributed by atoms with E-state index in [-0.39, 0.29) is 5.56 Å². The quantitative estimate of drug-likeness (QED) is 0.796. The molecule has 20 heavy (non-hydrogen) atoms. The Kier molecular flexibility index (Phi) is 3.30. The Morgan fingerprint density at radius 2 is 1.65 bits per heavy atom. The highest BCUT2D eigenvalue weighted by atomic mass is 32.2. The molecule has 0 aliphatic heterocycles. The van der Waals surface area contributed by atoms with Crippen LogP contribution in [0.15, 0.2) is 58.6 Å². The zero-order chi connectivity index (χ0) is 13.9. The Balaban J connectivity index is 1.99. The monoisotopic (exact) mass is 283 g/mol. The highest BCUT2D eigenvalue weighted by molar-refractivity contribution is 7.99. The molecule has 2 aromatic carbocycles. The first-order valence-corrected chi connectivity index (χ1v) is 6.65. The van der Waals surface area contributed by atoms with Crippen LogP contribution in [0.3, 0.4) is 0 Å². The summed E-state index contributed by atoms with van der Waals surface area (Å²) in [6.45, 7) is 0. The second-order valence-electron chi connectivity index (χ2n) is 3.99. The molecule has 1 aromatic heterocycles. The fourth-order valence-electron chi connectivity index (χ4n) is 1.74. The van der Waals surface area contributed by atoms with Gasteiger partial charge in [0.2, 0.25) is 5.16 Å². The minimum absolute atomic E-state index is 0.231. The molecule has 0 saturated carbocycles. The predicted octanol–water partition coefficient (Wildman–Crippen LogP) is 2.87. The van der Waals surface area contributed by atoms with Crippen LogP contribution in [0.25, 0.3) is 11.0 Å². The Labute approximate surface area is 118 Å². The van der Waals surface area contributed by atoms with E-state index >= 15 is 0 Å². The number of aromatic nitrogens is 3. The maximum Gasteiger partial charge on any atom is 0.336 e. The zero-order valence-electron chi connectivity index (χ0n) is 10.2. The van der Waals surface area contributed by atoms with Crippen molar-refractivity contribution in [3.05, 3.63) is 54.1 Å². The number of nitrogens with zero attached hydrogens (tertiary/aromatic N) is 3. The van der Waals surface area contributed by atoms with E-state index in [1.807, 2.05) is 24.3 Å². The van der Waals surface area contributed by atoms with Crippen molar-refractivity contribution in [2.75, 3.05) is 0 Å². The van der Waals surface area contributed by atoms with Crippen molar-refractivity contribution in [3.63, 3.8) is 0 Å². The molecular formula is C14H9N3O2S. The molecule has 0 aliphatic rings. The van der Waals surface area contributed by atoms with E-state index in [0.29, 0.717) is 15.6 Å². The molecule has 1 N–H and O–H groups in total. The van der Waals surface area contributed by atoms with E-state index < -0.39 is 5.97 Å². The number of aromatic carboxylic acids is 1. The van der Waals surface area contributed by atoms with Crippen molar-refractivity contribution in [1.29, 1.82) is 0 Å². The summed E-state index contributed by atoms with van der Waals surface area (Å²) < 4.78 is 0. The first-order chi connectivity index (χ1) is 9.74. The molecule has 0 aliphatic carbocycles. The Morgan fingerprint density at radius 3 is 2.45 bits per heavy atom. The van der Waals surface area contributed by atoms with Crippen molar-refractivity contribution >= 4 is 28.8 Å². The lowest BCUT2D eigenvalue weighted by Crippen LogP contribution is -1.99. The van der Waals surface area contributed by atoms with Gasteiger partial charge in [-0.2, -0.15) is 0 Å². The highest BCUT2D eigenvalue weighted by Gasteiger charge is 2.12. The van der Waals surface area contributed by atoms with Gasteiger partial charge >= 0.3 is 5.97 Å². The third-order valence-corrected chi connectivity index (χ3v) is 3.59. The average Bonchev–Trinajstić information content (AvgIpc) is 2.47. The van der Waals surface area contributed by atoms with Gasteiger partial charge in [-0.3, -0.25) is 0 Å². The van der Waals surface area contributed by atoms with Crippen LogP contribution in [0.1, 0.15) is 10.4 Å². The van der Waals surface area contributed by atoms with Crippen LogP contribution in [-0.4, -0.2) is 26.3 Å². The number of para-hydroxylation sites is 1. The van der Waals surface area contributed by atoms with Gasteiger partial charge in [0.15, 0.2) is 0 Å². The first-order valence-electron chi connectivity index (χ1n) is 5.84. The molecule has 0 bridgehead atoms. The van der Waals surface area contributed by atoms with E-state index in [4.69, 9.17) is 5.11 Å². The Bertz CT molecular complexity index is 792. The number of rotatable bonds is 3. The molecule has 6 heteroatoms. The zero-order valence-corrected chi connectivity index (χ0v) is 11.0. The highest BCUT2D eigenvalue weighted by Crippen LogP contribution is 2.28. The number of carboxylic acid groups (broad SMARTS) is 1. The number of hydrogen-bond donors (Lipinski definition) is 1. The van der Waals surface area contributed by atoms with Crippen molar-refractivity contribution in [2.45, 2.75) is 10.1 Å². The van der Waals surface area contributed by atoms with Crippen LogP contribution < -0.4 is 0 Å². The molecule has 0 radical (unpaired) electrons. The van der Waals surface area contributed by atoms with Crippen LogP contribution >= 0.6 is 11.8 Å². The molecule has 0 spiro atoms. The molecule has 3 rings (SSSR count). The van der Waals surface area contributed by atoms with Crippen LogP contribution in [0.5, 0.6) is 0 Å². The number of fused-ring (bicyclic) bond motifs is 1. The molecule has 1 heterocycles. The lowest BCUT2D eigenvalue weighted by atomic mass is 10.2. The summed E-state index contributed by atoms with van der Waals surface area (Å²) in [5.74, 6) is -0.971. The topological polar surface area (TPSA) is 76.0 Å². The molecule has 0 amide bonds. The van der Waals surface area contributed by atoms with Crippen molar-refractivity contribution < 1.29 is 9.90 Å². The summed E-state index contributed by atoms with van der Waals surface area (Å²) in [7, 11) is 0. The second kappa shape index (κ2) is 5.26. The van der Waals surface area contributed by atoms with E-state index in [1.54, 1.807) is 24.3 Å². The van der Waals surface area contributed by atoms with Gasteiger partial charge < -0.3 is 5.11 Å². The average molecular weight is 283 g/mol. The van der Waals surface area contributed by atoms with Crippen molar-refractivity contribution in [1.82, 2.24) is 15.2 Å². The van der Waals surface area contributed by atoms with Gasteiger partial charge in [0, 0.05) is 4.90 Å². The second-order valence-corrected chi connectivity index (χ2v) is 5.00. The number of carbonyl (C=O) groups is 1. The van der Waals surface area contributed by atoms with Gasteiger partial charge in [0.1, 0.15) is 5.52 Å². The number of carboxylic acids is 1. The largest absolute Gasteiger partial charge is 0.478 e. The van der Waals surface area contributed by atoms with Gasteiger partial charge in [-0.25, -0.2) is 9.78 Å². The normalized spacial score (nSPS) is 10.6. The molecule has 0 atom stereocenters. The van der Waals surface area contributed by atoms with Gasteiger partial charge in [0.05, 0.1) is 11.1 Å². The molecule has 0 unspecified atom stereocenters. The number of hydrogen-bond acceptors (Lipinski definition) is 5. The fourth-order valence-corrected chi connectivity index (χ4v) is 2.57. The summed E-state index contributed by atoms with van der Waals surface area (Å²) in [5, 5.41) is 17.7. The third-order valence-electron chi connectivity index (χ3n) is 2.66. The molecule has 0 saturated heterocycles. The summed E-state index contributed by atoms with van der Waals surface area (Å²) in [6.07, 6.45) is 0. The smallest absolute Gasteiger partial charge is 0.336 e. The van der Waals surface area contributed by atoms with Crippen LogP contribution in [-0.2, 0) is 0 Å². The van der Waals surface area contributed by atoms with Crippen molar-refractivity contribution in [2.24, 2.45) is 0 Å². The standard InChI is InChI=1S/C14H9N3O2S/c18-13(19)9-5-1-4-8-12(9)20-14-15-10-6-2-3-7-11(10)16-17-14/h1-8H,(H,18,19). The lowest BCUT2D eigenvalue weighted by Gasteiger charge is -2.04. The Morgan fingerprint density at radius 1 is 0.950 bits per heavy atom. The Hall–Kier alpha value is -2.47. The van der Waals surface area contributed by atoms with Crippen LogP contribution in [0.2, 0.25) is 0 Å². The molecule has 98 valence electrons. The maximum atomic E-state index is 11.2. The van der Waals surface area contributed by atoms with Crippen LogP contribution in [0.4, 0.5) is 0 Å². The van der Waals surface area contributed by atoms with E-state index in [0.717, 1.165) is 5.52 Å². The first kappa shape index (κ1) is 12.6. The van der Waals surface area contributed by atoms with Gasteiger partial charge in [0.25, 0.3) is 0 Å². The molecule has 5 nitrogen and oxygen atoms in total. The fraction of sp³-hybridized carbons (Fsp3) is 0. The van der Waals surface area contributed by atoms with Gasteiger partial charge in [-0.1, -0.05) is 24.3 Å². The predicted molar refractivity (Wildman–Crippen MR) is 74.9 cm³/mol. The van der Waals surface area contributed by atoms with E-state index in [2.05, 4.69) is 15.2 Å². The third kappa shape index (κ3) is 2.46. The van der Waals surface area contributed by atoms with Crippen molar-refractivity contribution in [3.8, 4) is 0 Å². The molecule has 3 aromatic rings. The molecule has 0 fully saturated rings. The lowest BCUT2D eigenvalue weighted by molar-refractivity contribution is 0.0693. The summed E-state index contributed by atoms with van der Waals surface area (Å²) in [4.78, 5) is 16.1. The maximum absolute atomic E-state index is 11.2. The summed E-state index contributed by atoms with van der Waals surface area (Å²) >= 11 is 1.19. The van der Waals surface area contributed by atoms with Gasteiger partial charge in [-0.05, 0) is 36.0 Å². The van der Waals surface area contributed by atoms with Gasteiger partial charge in [-0.15, -0.1) is 10.2 Å². The minimum Gasteiger partial charge on any atom is -0.478 e. The van der Waals surface area contributed by atoms with E-state index in [9.17, 15) is 4.79 Å². The SMILES string of the molecule is O=C(O)c1ccccc1Sc1nnc2ccccc2n1. The summed E-state index contributed by atoms with van der Waals surface area (Å²) in [6, 6.07) is 14.2. The number of benzene rings is 2. The molecular weight excluding hydrogens is 274 g/mol. The van der Waals surface area contributed by atoms with E-state index in [1.165, 1.54) is 11.8 Å². The summed E-state index contributed by atoms with van der Waals surface area (Å²) in [5.41, 5.74) is 1.68.